The average molecular weight is 273 g/mol. The first-order valence-electron chi connectivity index (χ1n) is 6.39. The van der Waals surface area contributed by atoms with Gasteiger partial charge < -0.3 is 10.6 Å². The van der Waals surface area contributed by atoms with Gasteiger partial charge >= 0.3 is 0 Å². The molecule has 1 aromatic heterocycles. The topological polar surface area (TPSA) is 42.1 Å². The summed E-state index contributed by atoms with van der Waals surface area (Å²) in [5, 5.41) is 1.09. The fraction of sp³-hybridized carbons (Fsp3) is 0.333. The summed E-state index contributed by atoms with van der Waals surface area (Å²) in [5.74, 6) is 0.566. The Kier molecular flexibility index (Phi) is 4.00. The second kappa shape index (κ2) is 5.53. The molecule has 0 radical (unpaired) electrons. The molecule has 0 aliphatic heterocycles. The van der Waals surface area contributed by atoms with Crippen molar-refractivity contribution in [2.75, 3.05) is 18.5 Å². The molecular weight excluding hydrogens is 254 g/mol. The molecule has 3 nitrogen and oxygen atoms in total. The molecule has 0 aliphatic rings. The van der Waals surface area contributed by atoms with Crippen molar-refractivity contribution in [1.82, 2.24) is 4.98 Å². The monoisotopic (exact) mass is 273 g/mol. The van der Waals surface area contributed by atoms with E-state index in [4.69, 9.17) is 18.0 Å². The second-order valence-electron chi connectivity index (χ2n) is 5.18. The summed E-state index contributed by atoms with van der Waals surface area (Å²) in [6.45, 7) is 5.34. The van der Waals surface area contributed by atoms with Gasteiger partial charge in [0, 0.05) is 25.2 Å². The van der Waals surface area contributed by atoms with Crippen molar-refractivity contribution in [3.05, 3.63) is 36.0 Å². The Morgan fingerprint density at radius 3 is 2.68 bits per heavy atom. The summed E-state index contributed by atoms with van der Waals surface area (Å²) in [7, 11) is 2.07. The standard InChI is InChI=1S/C15H19N3S/c1-10(2)9-18(3)14-11-6-4-5-7-13(11)17-8-12(14)15(16)19/h4-8,10H,9H2,1-3H3,(H2,16,19). The molecule has 0 amide bonds. The highest BCUT2D eigenvalue weighted by Crippen LogP contribution is 2.29. The maximum atomic E-state index is 5.84. The molecule has 1 aromatic carbocycles. The van der Waals surface area contributed by atoms with E-state index in [0.717, 1.165) is 28.7 Å². The Hall–Kier alpha value is -1.68. The molecule has 0 aliphatic carbocycles. The summed E-state index contributed by atoms with van der Waals surface area (Å²) < 4.78 is 0. The molecule has 19 heavy (non-hydrogen) atoms. The first kappa shape index (κ1) is 13.7. The van der Waals surface area contributed by atoms with E-state index in [2.05, 4.69) is 36.8 Å². The number of rotatable bonds is 4. The van der Waals surface area contributed by atoms with Crippen molar-refractivity contribution in [3.63, 3.8) is 0 Å². The van der Waals surface area contributed by atoms with Crippen LogP contribution in [0.15, 0.2) is 30.5 Å². The molecule has 100 valence electrons. The highest BCUT2D eigenvalue weighted by atomic mass is 32.1. The molecule has 0 fully saturated rings. The molecule has 0 saturated carbocycles. The van der Waals surface area contributed by atoms with Gasteiger partial charge in [-0.2, -0.15) is 0 Å². The van der Waals surface area contributed by atoms with Crippen molar-refractivity contribution in [3.8, 4) is 0 Å². The highest BCUT2D eigenvalue weighted by molar-refractivity contribution is 7.80. The third-order valence-electron chi connectivity index (χ3n) is 3.03. The minimum absolute atomic E-state index is 0.392. The van der Waals surface area contributed by atoms with Gasteiger partial charge in [-0.25, -0.2) is 0 Å². The van der Waals surface area contributed by atoms with Crippen LogP contribution in [0.3, 0.4) is 0 Å². The van der Waals surface area contributed by atoms with Crippen molar-refractivity contribution >= 4 is 33.8 Å². The zero-order valence-corrected chi connectivity index (χ0v) is 12.4. The van der Waals surface area contributed by atoms with Crippen LogP contribution < -0.4 is 10.6 Å². The highest BCUT2D eigenvalue weighted by Gasteiger charge is 2.15. The van der Waals surface area contributed by atoms with Crippen LogP contribution in [0, 0.1) is 5.92 Å². The van der Waals surface area contributed by atoms with Crippen LogP contribution in [-0.4, -0.2) is 23.6 Å². The molecule has 0 bridgehead atoms. The lowest BCUT2D eigenvalue weighted by molar-refractivity contribution is 0.639. The minimum atomic E-state index is 0.392. The van der Waals surface area contributed by atoms with E-state index in [0.29, 0.717) is 10.9 Å². The zero-order chi connectivity index (χ0) is 14.0. The number of nitrogens with zero attached hydrogens (tertiary/aromatic N) is 2. The smallest absolute Gasteiger partial charge is 0.107 e. The van der Waals surface area contributed by atoms with Gasteiger partial charge in [0.15, 0.2) is 0 Å². The quantitative estimate of drug-likeness (QED) is 0.870. The number of aromatic nitrogens is 1. The predicted octanol–water partition coefficient (Wildman–Crippen LogP) is 2.96. The lowest BCUT2D eigenvalue weighted by Gasteiger charge is -2.25. The number of hydrogen-bond acceptors (Lipinski definition) is 3. The zero-order valence-electron chi connectivity index (χ0n) is 11.6. The van der Waals surface area contributed by atoms with Crippen molar-refractivity contribution in [2.45, 2.75) is 13.8 Å². The summed E-state index contributed by atoms with van der Waals surface area (Å²) in [6.07, 6.45) is 1.77. The lowest BCUT2D eigenvalue weighted by atomic mass is 10.1. The second-order valence-corrected chi connectivity index (χ2v) is 5.62. The van der Waals surface area contributed by atoms with E-state index in [1.807, 2.05) is 18.2 Å². The minimum Gasteiger partial charge on any atom is -0.389 e. The summed E-state index contributed by atoms with van der Waals surface area (Å²) in [6, 6.07) is 8.07. The van der Waals surface area contributed by atoms with Gasteiger partial charge in [-0.1, -0.05) is 44.3 Å². The third-order valence-corrected chi connectivity index (χ3v) is 3.25. The maximum Gasteiger partial charge on any atom is 0.107 e. The van der Waals surface area contributed by atoms with Gasteiger partial charge in [-0.15, -0.1) is 0 Å². The summed E-state index contributed by atoms with van der Waals surface area (Å²) in [4.78, 5) is 7.03. The van der Waals surface area contributed by atoms with Gasteiger partial charge in [-0.05, 0) is 12.0 Å². The number of nitrogens with two attached hydrogens (primary N) is 1. The molecule has 1 heterocycles. The molecule has 4 heteroatoms. The van der Waals surface area contributed by atoms with Gasteiger partial charge in [0.2, 0.25) is 0 Å². The Morgan fingerprint density at radius 1 is 1.37 bits per heavy atom. The Morgan fingerprint density at radius 2 is 2.05 bits per heavy atom. The first-order valence-corrected chi connectivity index (χ1v) is 6.80. The number of anilines is 1. The molecule has 0 saturated heterocycles. The largest absolute Gasteiger partial charge is 0.389 e. The van der Waals surface area contributed by atoms with Crippen LogP contribution in [-0.2, 0) is 0 Å². The lowest BCUT2D eigenvalue weighted by Crippen LogP contribution is -2.26. The molecule has 0 spiro atoms. The first-order chi connectivity index (χ1) is 9.00. The van der Waals surface area contributed by atoms with Crippen LogP contribution in [0.2, 0.25) is 0 Å². The number of fused-ring (bicyclic) bond motifs is 1. The summed E-state index contributed by atoms with van der Waals surface area (Å²) >= 11 is 5.16. The summed E-state index contributed by atoms with van der Waals surface area (Å²) in [5.41, 5.74) is 8.72. The third kappa shape index (κ3) is 2.84. The normalized spacial score (nSPS) is 10.9. The molecule has 0 unspecified atom stereocenters. The van der Waals surface area contributed by atoms with Gasteiger partial charge in [0.25, 0.3) is 0 Å². The van der Waals surface area contributed by atoms with Crippen LogP contribution in [0.25, 0.3) is 10.9 Å². The van der Waals surface area contributed by atoms with Crippen molar-refractivity contribution in [2.24, 2.45) is 11.7 Å². The Balaban J connectivity index is 2.65. The van der Waals surface area contributed by atoms with E-state index < -0.39 is 0 Å². The number of hydrogen-bond donors (Lipinski definition) is 1. The van der Waals surface area contributed by atoms with Crippen LogP contribution in [0.1, 0.15) is 19.4 Å². The van der Waals surface area contributed by atoms with Crippen molar-refractivity contribution in [1.29, 1.82) is 0 Å². The van der Waals surface area contributed by atoms with E-state index in [1.54, 1.807) is 6.20 Å². The predicted molar refractivity (Wildman–Crippen MR) is 85.7 cm³/mol. The maximum absolute atomic E-state index is 5.84. The van der Waals surface area contributed by atoms with Crippen LogP contribution in [0.4, 0.5) is 5.69 Å². The van der Waals surface area contributed by atoms with Gasteiger partial charge in [0.1, 0.15) is 4.99 Å². The van der Waals surface area contributed by atoms with E-state index in [-0.39, 0.29) is 0 Å². The number of thiocarbonyl (C=S) groups is 1. The van der Waals surface area contributed by atoms with E-state index >= 15 is 0 Å². The fourth-order valence-corrected chi connectivity index (χ4v) is 2.51. The number of benzene rings is 1. The fourth-order valence-electron chi connectivity index (χ4n) is 2.36. The Bertz CT molecular complexity index is 607. The van der Waals surface area contributed by atoms with Crippen LogP contribution in [0.5, 0.6) is 0 Å². The molecule has 0 atom stereocenters. The number of para-hydroxylation sites is 1. The van der Waals surface area contributed by atoms with Crippen LogP contribution >= 0.6 is 12.2 Å². The van der Waals surface area contributed by atoms with E-state index in [1.165, 1.54) is 0 Å². The van der Waals surface area contributed by atoms with Gasteiger partial charge in [0.05, 0.1) is 16.8 Å². The molecular formula is C15H19N3S. The van der Waals surface area contributed by atoms with Gasteiger partial charge in [-0.3, -0.25) is 4.98 Å². The number of pyridine rings is 1. The molecule has 2 N–H and O–H groups in total. The van der Waals surface area contributed by atoms with E-state index in [9.17, 15) is 0 Å². The van der Waals surface area contributed by atoms with Crippen molar-refractivity contribution < 1.29 is 0 Å². The average Bonchev–Trinajstić information content (AvgIpc) is 2.36. The molecule has 2 rings (SSSR count). The Labute approximate surface area is 119 Å². The molecule has 2 aromatic rings. The SMILES string of the molecule is CC(C)CN(C)c1c(C(N)=S)cnc2ccccc12.